The molecule has 2 saturated heterocycles. The van der Waals surface area contributed by atoms with Gasteiger partial charge in [-0.25, -0.2) is 14.2 Å². The van der Waals surface area contributed by atoms with Crippen LogP contribution in [0.4, 0.5) is 5.95 Å². The Morgan fingerprint density at radius 1 is 1.06 bits per heavy atom. The van der Waals surface area contributed by atoms with Gasteiger partial charge in [0.15, 0.2) is 11.5 Å². The molecule has 2 atom stereocenters. The first-order chi connectivity index (χ1) is 15.9. The fraction of sp³-hybridized carbons (Fsp3) is 0.583. The second-order valence-corrected chi connectivity index (χ2v) is 11.8. The van der Waals surface area contributed by atoms with Crippen LogP contribution in [-0.4, -0.2) is 64.7 Å². The molecule has 0 radical (unpaired) electrons. The van der Waals surface area contributed by atoms with E-state index in [1.165, 1.54) is 24.7 Å². The quantitative estimate of drug-likeness (QED) is 0.690. The predicted molar refractivity (Wildman–Crippen MR) is 128 cm³/mol. The van der Waals surface area contributed by atoms with Gasteiger partial charge >= 0.3 is 0 Å². The maximum atomic E-state index is 11.7. The van der Waals surface area contributed by atoms with Crippen molar-refractivity contribution in [2.75, 3.05) is 50.5 Å². The highest BCUT2D eigenvalue weighted by Crippen LogP contribution is 2.39. The van der Waals surface area contributed by atoms with E-state index in [2.05, 4.69) is 38.0 Å². The number of piperidine rings is 1. The molecule has 9 heteroatoms. The van der Waals surface area contributed by atoms with Crippen molar-refractivity contribution in [3.63, 3.8) is 0 Å². The monoisotopic (exact) mass is 471 g/mol. The number of benzene rings is 1. The van der Waals surface area contributed by atoms with E-state index in [0.717, 1.165) is 62.0 Å². The van der Waals surface area contributed by atoms with E-state index in [9.17, 15) is 4.21 Å². The van der Waals surface area contributed by atoms with Crippen LogP contribution in [0.3, 0.4) is 0 Å². The molecule has 2 fully saturated rings. The Labute approximate surface area is 196 Å². The van der Waals surface area contributed by atoms with Crippen LogP contribution >= 0.6 is 0 Å². The SMILES string of the molecule is CS(=N)(=O)Cc1cnc(N2CCC(CN3CCCC3c3ccc4c(c3)OCCO4)CC2)nc1. The summed E-state index contributed by atoms with van der Waals surface area (Å²) in [6.07, 6.45) is 9.57. The minimum absolute atomic E-state index is 0.204. The molecule has 4 heterocycles. The molecule has 178 valence electrons. The zero-order valence-electron chi connectivity index (χ0n) is 19.2. The summed E-state index contributed by atoms with van der Waals surface area (Å²) in [7, 11) is -2.57. The summed E-state index contributed by atoms with van der Waals surface area (Å²) in [6.45, 7) is 5.44. The summed E-state index contributed by atoms with van der Waals surface area (Å²) in [5.74, 6) is 3.36. The van der Waals surface area contributed by atoms with Crippen LogP contribution in [-0.2, 0) is 15.5 Å². The molecule has 2 aromatic rings. The molecule has 3 aliphatic rings. The maximum Gasteiger partial charge on any atom is 0.225 e. The standard InChI is InChI=1S/C24H33N5O3S/c1-33(25,30)17-19-14-26-24(27-15-19)28-9-6-18(7-10-28)16-29-8-2-3-21(29)20-4-5-22-23(13-20)32-12-11-31-22/h4-5,13-15,18,21,25H,2-3,6-12,16-17H2,1H3. The van der Waals surface area contributed by atoms with Crippen molar-refractivity contribution < 1.29 is 13.7 Å². The Kier molecular flexibility index (Phi) is 6.42. The summed E-state index contributed by atoms with van der Waals surface area (Å²) in [5.41, 5.74) is 2.10. The Morgan fingerprint density at radius 2 is 1.79 bits per heavy atom. The predicted octanol–water partition coefficient (Wildman–Crippen LogP) is 3.48. The Bertz CT molecular complexity index is 1070. The van der Waals surface area contributed by atoms with Crippen LogP contribution in [0, 0.1) is 10.7 Å². The third-order valence-corrected chi connectivity index (χ3v) is 7.72. The molecule has 0 amide bonds. The Hall–Kier alpha value is -2.39. The Morgan fingerprint density at radius 3 is 2.52 bits per heavy atom. The van der Waals surface area contributed by atoms with Gasteiger partial charge in [-0.1, -0.05) is 6.07 Å². The number of hydrogen-bond donors (Lipinski definition) is 1. The zero-order valence-corrected chi connectivity index (χ0v) is 20.1. The highest BCUT2D eigenvalue weighted by molar-refractivity contribution is 7.90. The second kappa shape index (κ2) is 9.46. The number of nitrogens with one attached hydrogen (secondary N) is 1. The summed E-state index contributed by atoms with van der Waals surface area (Å²) >= 11 is 0. The molecule has 0 bridgehead atoms. The van der Waals surface area contributed by atoms with Gasteiger partial charge in [-0.15, -0.1) is 0 Å². The number of hydrogen-bond acceptors (Lipinski definition) is 8. The van der Waals surface area contributed by atoms with E-state index < -0.39 is 9.73 Å². The maximum absolute atomic E-state index is 11.7. The highest BCUT2D eigenvalue weighted by Gasteiger charge is 2.30. The molecule has 1 N–H and O–H groups in total. The minimum atomic E-state index is -2.57. The number of fused-ring (bicyclic) bond motifs is 1. The van der Waals surface area contributed by atoms with Crippen LogP contribution in [0.25, 0.3) is 0 Å². The topological polar surface area (TPSA) is 91.6 Å². The molecular weight excluding hydrogens is 438 g/mol. The van der Waals surface area contributed by atoms with Crippen LogP contribution in [0.15, 0.2) is 30.6 Å². The molecule has 5 rings (SSSR count). The average Bonchev–Trinajstić information content (AvgIpc) is 3.27. The zero-order chi connectivity index (χ0) is 22.8. The number of ether oxygens (including phenoxy) is 2. The van der Waals surface area contributed by atoms with Crippen molar-refractivity contribution in [1.82, 2.24) is 14.9 Å². The molecule has 0 aliphatic carbocycles. The third-order valence-electron chi connectivity index (χ3n) is 6.84. The van der Waals surface area contributed by atoms with Crippen LogP contribution < -0.4 is 14.4 Å². The first-order valence-electron chi connectivity index (χ1n) is 11.9. The molecule has 0 saturated carbocycles. The summed E-state index contributed by atoms with van der Waals surface area (Å²) < 4.78 is 30.8. The Balaban J connectivity index is 1.16. The second-order valence-electron chi connectivity index (χ2n) is 9.53. The number of anilines is 1. The van der Waals surface area contributed by atoms with E-state index in [-0.39, 0.29) is 5.75 Å². The van der Waals surface area contributed by atoms with Crippen LogP contribution in [0.2, 0.25) is 0 Å². The fourth-order valence-electron chi connectivity index (χ4n) is 5.24. The molecule has 1 aromatic carbocycles. The first-order valence-corrected chi connectivity index (χ1v) is 14.0. The molecule has 0 spiro atoms. The molecule has 1 aromatic heterocycles. The fourth-order valence-corrected chi connectivity index (χ4v) is 6.03. The van der Waals surface area contributed by atoms with Crippen molar-refractivity contribution in [2.24, 2.45) is 5.92 Å². The average molecular weight is 472 g/mol. The van der Waals surface area contributed by atoms with Gasteiger partial charge in [0.2, 0.25) is 5.95 Å². The van der Waals surface area contributed by atoms with E-state index in [1.54, 1.807) is 12.4 Å². The van der Waals surface area contributed by atoms with E-state index in [4.69, 9.17) is 14.3 Å². The van der Waals surface area contributed by atoms with E-state index >= 15 is 0 Å². The summed E-state index contributed by atoms with van der Waals surface area (Å²) in [4.78, 5) is 13.8. The number of aromatic nitrogens is 2. The van der Waals surface area contributed by atoms with Gasteiger partial charge < -0.3 is 14.4 Å². The van der Waals surface area contributed by atoms with Crippen LogP contribution in [0.1, 0.15) is 42.9 Å². The lowest BCUT2D eigenvalue weighted by molar-refractivity contribution is 0.169. The first kappa shape index (κ1) is 22.4. The smallest absolute Gasteiger partial charge is 0.225 e. The van der Waals surface area contributed by atoms with Crippen LogP contribution in [0.5, 0.6) is 11.5 Å². The molecule has 33 heavy (non-hydrogen) atoms. The minimum Gasteiger partial charge on any atom is -0.486 e. The van der Waals surface area contributed by atoms with Gasteiger partial charge in [-0.3, -0.25) is 9.68 Å². The highest BCUT2D eigenvalue weighted by atomic mass is 32.2. The summed E-state index contributed by atoms with van der Waals surface area (Å²) in [5, 5.41) is 0. The number of rotatable bonds is 6. The van der Waals surface area contributed by atoms with Crippen molar-refractivity contribution in [2.45, 2.75) is 37.5 Å². The lowest BCUT2D eigenvalue weighted by Gasteiger charge is -2.35. The van der Waals surface area contributed by atoms with Gasteiger partial charge in [-0.05, 0) is 55.8 Å². The van der Waals surface area contributed by atoms with Gasteiger partial charge in [0.25, 0.3) is 0 Å². The lowest BCUT2D eigenvalue weighted by Crippen LogP contribution is -2.39. The normalized spacial score (nSPS) is 23.4. The largest absolute Gasteiger partial charge is 0.486 e. The van der Waals surface area contributed by atoms with Gasteiger partial charge in [0, 0.05) is 59.6 Å². The van der Waals surface area contributed by atoms with Gasteiger partial charge in [0.1, 0.15) is 13.2 Å². The van der Waals surface area contributed by atoms with Gasteiger partial charge in [0.05, 0.1) is 5.75 Å². The lowest BCUT2D eigenvalue weighted by atomic mass is 9.95. The van der Waals surface area contributed by atoms with E-state index in [0.29, 0.717) is 25.2 Å². The molecular formula is C24H33N5O3S. The third kappa shape index (κ3) is 5.41. The van der Waals surface area contributed by atoms with Crippen molar-refractivity contribution in [3.8, 4) is 11.5 Å². The van der Waals surface area contributed by atoms with Crippen molar-refractivity contribution >= 4 is 15.7 Å². The number of nitrogens with zero attached hydrogens (tertiary/aromatic N) is 4. The molecule has 8 nitrogen and oxygen atoms in total. The van der Waals surface area contributed by atoms with Gasteiger partial charge in [-0.2, -0.15) is 0 Å². The van der Waals surface area contributed by atoms with E-state index in [1.807, 2.05) is 0 Å². The van der Waals surface area contributed by atoms with Crippen molar-refractivity contribution in [1.29, 1.82) is 4.78 Å². The number of likely N-dealkylation sites (tertiary alicyclic amines) is 1. The molecule has 3 aliphatic heterocycles. The summed E-state index contributed by atoms with van der Waals surface area (Å²) in [6, 6.07) is 6.91. The molecule has 2 unspecified atom stereocenters. The van der Waals surface area contributed by atoms with Crippen molar-refractivity contribution in [3.05, 3.63) is 41.7 Å².